The number of terminal acetylenes is 2. The van der Waals surface area contributed by atoms with Crippen LogP contribution in [0.5, 0.6) is 0 Å². The molecule has 2 nitrogen and oxygen atoms in total. The van der Waals surface area contributed by atoms with Crippen LogP contribution < -0.4 is 0 Å². The highest BCUT2D eigenvalue weighted by atomic mass is 35.5. The van der Waals surface area contributed by atoms with Gasteiger partial charge in [0.05, 0.1) is 11.1 Å². The predicted molar refractivity (Wildman–Crippen MR) is 62.7 cm³/mol. The van der Waals surface area contributed by atoms with Crippen LogP contribution in [0.4, 0.5) is 0 Å². The van der Waals surface area contributed by atoms with E-state index in [0.29, 0.717) is 0 Å². The molecule has 0 aliphatic rings. The molecule has 16 heavy (non-hydrogen) atoms. The van der Waals surface area contributed by atoms with Gasteiger partial charge in [0, 0.05) is 11.1 Å². The fourth-order valence-corrected chi connectivity index (χ4v) is 1.59. The van der Waals surface area contributed by atoms with Crippen molar-refractivity contribution in [2.24, 2.45) is 0 Å². The largest absolute Gasteiger partial charge is 0.276 e. The van der Waals surface area contributed by atoms with Gasteiger partial charge in [0.1, 0.15) is 0 Å². The molecule has 0 aliphatic heterocycles. The average Bonchev–Trinajstić information content (AvgIpc) is 2.26. The second kappa shape index (κ2) is 4.86. The van der Waals surface area contributed by atoms with E-state index in [1.54, 1.807) is 0 Å². The summed E-state index contributed by atoms with van der Waals surface area (Å²) in [7, 11) is 0. The average molecular weight is 251 g/mol. The molecule has 1 rings (SSSR count). The van der Waals surface area contributed by atoms with Crippen molar-refractivity contribution in [1.82, 2.24) is 0 Å². The first-order valence-corrected chi connectivity index (χ1v) is 4.78. The molecule has 0 atom stereocenters. The van der Waals surface area contributed by atoms with E-state index in [-0.39, 0.29) is 22.3 Å². The van der Waals surface area contributed by atoms with E-state index in [0.717, 1.165) is 0 Å². The van der Waals surface area contributed by atoms with Crippen molar-refractivity contribution in [2.45, 2.75) is 0 Å². The maximum atomic E-state index is 11.2. The summed E-state index contributed by atoms with van der Waals surface area (Å²) in [4.78, 5) is 22.3. The maximum Gasteiger partial charge on any atom is 0.254 e. The van der Waals surface area contributed by atoms with Gasteiger partial charge in [-0.2, -0.15) is 0 Å². The third kappa shape index (κ3) is 2.09. The minimum atomic E-state index is -0.819. The quantitative estimate of drug-likeness (QED) is 0.597. The van der Waals surface area contributed by atoms with Crippen molar-refractivity contribution in [3.8, 4) is 24.7 Å². The molecule has 0 saturated carbocycles. The lowest BCUT2D eigenvalue weighted by molar-refractivity contribution is 0.107. The van der Waals surface area contributed by atoms with Gasteiger partial charge in [-0.3, -0.25) is 9.59 Å². The zero-order valence-electron chi connectivity index (χ0n) is 7.88. The molecule has 0 aromatic heterocycles. The van der Waals surface area contributed by atoms with Gasteiger partial charge >= 0.3 is 0 Å². The predicted octanol–water partition coefficient (Wildman–Crippen LogP) is 2.41. The van der Waals surface area contributed by atoms with Crippen LogP contribution in [-0.4, -0.2) is 10.5 Å². The Hall–Kier alpha value is -1.74. The zero-order valence-corrected chi connectivity index (χ0v) is 9.39. The van der Waals surface area contributed by atoms with Crippen LogP contribution in [0.15, 0.2) is 12.1 Å². The van der Waals surface area contributed by atoms with Crippen LogP contribution in [0.25, 0.3) is 0 Å². The first-order valence-electron chi connectivity index (χ1n) is 4.02. The Balaban J connectivity index is 3.73. The summed E-state index contributed by atoms with van der Waals surface area (Å²) < 4.78 is 0. The third-order valence-corrected chi connectivity index (χ3v) is 2.31. The summed E-state index contributed by atoms with van der Waals surface area (Å²) in [6.45, 7) is 0. The lowest BCUT2D eigenvalue weighted by Gasteiger charge is -2.06. The van der Waals surface area contributed by atoms with Gasteiger partial charge < -0.3 is 0 Å². The van der Waals surface area contributed by atoms with E-state index in [4.69, 9.17) is 36.0 Å². The van der Waals surface area contributed by atoms with Gasteiger partial charge in [0.2, 0.25) is 0 Å². The fraction of sp³-hybridized carbons (Fsp3) is 0. The Bertz CT molecular complexity index is 560. The van der Waals surface area contributed by atoms with Gasteiger partial charge in [0.25, 0.3) is 10.5 Å². The molecule has 4 heteroatoms. The lowest BCUT2D eigenvalue weighted by Crippen LogP contribution is -2.05. The molecule has 0 amide bonds. The maximum absolute atomic E-state index is 11.2. The van der Waals surface area contributed by atoms with Crippen molar-refractivity contribution < 1.29 is 9.59 Å². The lowest BCUT2D eigenvalue weighted by atomic mass is 9.98. The molecule has 0 heterocycles. The van der Waals surface area contributed by atoms with E-state index < -0.39 is 10.5 Å². The molecule has 0 saturated heterocycles. The third-order valence-electron chi connectivity index (χ3n) is 1.91. The monoisotopic (exact) mass is 250 g/mol. The van der Waals surface area contributed by atoms with E-state index in [9.17, 15) is 9.59 Å². The molecule has 0 N–H and O–H groups in total. The Morgan fingerprint density at radius 2 is 1.69 bits per heavy atom. The van der Waals surface area contributed by atoms with Crippen LogP contribution in [0.3, 0.4) is 0 Å². The first kappa shape index (κ1) is 12.3. The summed E-state index contributed by atoms with van der Waals surface area (Å²) in [5.41, 5.74) is 0.246. The number of hydrogen-bond acceptors (Lipinski definition) is 2. The summed E-state index contributed by atoms with van der Waals surface area (Å²) in [6, 6.07) is 2.76. The van der Waals surface area contributed by atoms with Gasteiger partial charge in [-0.05, 0) is 35.3 Å². The van der Waals surface area contributed by atoms with Gasteiger partial charge in [0.15, 0.2) is 0 Å². The van der Waals surface area contributed by atoms with Crippen LogP contribution in [0, 0.1) is 24.7 Å². The van der Waals surface area contributed by atoms with Crippen LogP contribution >= 0.6 is 23.2 Å². The Labute approximate surface area is 103 Å². The van der Waals surface area contributed by atoms with Crippen molar-refractivity contribution in [2.75, 3.05) is 0 Å². The zero-order chi connectivity index (χ0) is 12.3. The topological polar surface area (TPSA) is 34.1 Å². The molecule has 0 unspecified atom stereocenters. The van der Waals surface area contributed by atoms with Crippen LogP contribution in [0.1, 0.15) is 31.8 Å². The molecule has 78 valence electrons. The van der Waals surface area contributed by atoms with E-state index in [1.807, 2.05) is 0 Å². The number of carbonyl (C=O) groups is 2. The van der Waals surface area contributed by atoms with Crippen molar-refractivity contribution in [3.63, 3.8) is 0 Å². The SMILES string of the molecule is C#Cc1ccc(C(=O)Cl)c(C#C)c1C(=O)Cl. The molecular weight excluding hydrogens is 247 g/mol. The Kier molecular flexibility index (Phi) is 3.74. The standard InChI is InChI=1S/C12H4Cl2O2/c1-3-7-5-6-9(11(13)15)8(4-2)10(7)12(14)16/h1-2,5-6H. The fourth-order valence-electron chi connectivity index (χ4n) is 1.24. The highest BCUT2D eigenvalue weighted by molar-refractivity contribution is 6.69. The number of rotatable bonds is 2. The van der Waals surface area contributed by atoms with Crippen molar-refractivity contribution in [3.05, 3.63) is 34.4 Å². The second-order valence-corrected chi connectivity index (χ2v) is 3.43. The molecule has 1 aromatic carbocycles. The number of carbonyl (C=O) groups excluding carboxylic acids is 2. The summed E-state index contributed by atoms with van der Waals surface area (Å²) in [6.07, 6.45) is 10.4. The molecule has 0 fully saturated rings. The van der Waals surface area contributed by atoms with Crippen LogP contribution in [-0.2, 0) is 0 Å². The van der Waals surface area contributed by atoms with Crippen LogP contribution in [0.2, 0.25) is 0 Å². The number of hydrogen-bond donors (Lipinski definition) is 0. The summed E-state index contributed by atoms with van der Waals surface area (Å²) in [5, 5.41) is -1.59. The van der Waals surface area contributed by atoms with Gasteiger partial charge in [-0.25, -0.2) is 0 Å². The van der Waals surface area contributed by atoms with Gasteiger partial charge in [-0.1, -0.05) is 11.8 Å². The molecule has 0 radical (unpaired) electrons. The molecule has 0 spiro atoms. The second-order valence-electron chi connectivity index (χ2n) is 2.75. The minimum absolute atomic E-state index is 0.0236. The normalized spacial score (nSPS) is 9.00. The minimum Gasteiger partial charge on any atom is -0.276 e. The van der Waals surface area contributed by atoms with E-state index >= 15 is 0 Å². The number of halogens is 2. The molecule has 0 bridgehead atoms. The molecule has 1 aromatic rings. The van der Waals surface area contributed by atoms with Gasteiger partial charge in [-0.15, -0.1) is 12.8 Å². The summed E-state index contributed by atoms with van der Waals surface area (Å²) in [5.74, 6) is 4.46. The van der Waals surface area contributed by atoms with E-state index in [1.165, 1.54) is 12.1 Å². The Morgan fingerprint density at radius 1 is 1.06 bits per heavy atom. The van der Waals surface area contributed by atoms with E-state index in [2.05, 4.69) is 11.8 Å². The first-order chi connectivity index (χ1) is 7.52. The summed E-state index contributed by atoms with van der Waals surface area (Å²) >= 11 is 10.7. The molecular formula is C12H4Cl2O2. The molecule has 0 aliphatic carbocycles. The smallest absolute Gasteiger partial charge is 0.254 e. The van der Waals surface area contributed by atoms with Crippen molar-refractivity contribution in [1.29, 1.82) is 0 Å². The Morgan fingerprint density at radius 3 is 2.06 bits per heavy atom. The van der Waals surface area contributed by atoms with Crippen molar-refractivity contribution >= 4 is 33.7 Å². The highest BCUT2D eigenvalue weighted by Crippen LogP contribution is 2.21. The highest BCUT2D eigenvalue weighted by Gasteiger charge is 2.18. The number of benzene rings is 1.